The average Bonchev–Trinajstić information content (AvgIpc) is 2.82. The quantitative estimate of drug-likeness (QED) is 0.449. The minimum absolute atomic E-state index is 0.0339. The van der Waals surface area contributed by atoms with Gasteiger partial charge in [-0.1, -0.05) is 34.1 Å². The van der Waals surface area contributed by atoms with Crippen molar-refractivity contribution in [3.8, 4) is 0 Å². The summed E-state index contributed by atoms with van der Waals surface area (Å²) in [6, 6.07) is 4.58. The van der Waals surface area contributed by atoms with E-state index in [1.807, 2.05) is 0 Å². The summed E-state index contributed by atoms with van der Waals surface area (Å²) in [7, 11) is 0. The second kappa shape index (κ2) is 12.1. The van der Waals surface area contributed by atoms with Crippen LogP contribution in [0.15, 0.2) is 35.3 Å². The van der Waals surface area contributed by atoms with Crippen LogP contribution in [0, 0.1) is 5.92 Å². The largest absolute Gasteiger partial charge is 0.471 e. The minimum Gasteiger partial charge on any atom is -0.366 e. The van der Waals surface area contributed by atoms with Crippen molar-refractivity contribution in [3.63, 3.8) is 0 Å². The topological polar surface area (TPSA) is 164 Å². The van der Waals surface area contributed by atoms with Gasteiger partial charge >= 0.3 is 12.1 Å². The Morgan fingerprint density at radius 1 is 1.11 bits per heavy atom. The lowest BCUT2D eigenvalue weighted by molar-refractivity contribution is -0.170. The van der Waals surface area contributed by atoms with Crippen molar-refractivity contribution in [2.24, 2.45) is 11.7 Å². The third kappa shape index (κ3) is 7.56. The van der Waals surface area contributed by atoms with Crippen molar-refractivity contribution < 1.29 is 27.6 Å². The smallest absolute Gasteiger partial charge is 0.366 e. The highest BCUT2D eigenvalue weighted by Gasteiger charge is 2.43. The molecule has 0 saturated carbocycles. The Morgan fingerprint density at radius 2 is 1.70 bits per heavy atom. The number of H-pyrrole nitrogens is 1. The predicted molar refractivity (Wildman–Crippen MR) is 130 cm³/mol. The zero-order chi connectivity index (χ0) is 27.9. The van der Waals surface area contributed by atoms with E-state index >= 15 is 0 Å². The van der Waals surface area contributed by atoms with E-state index in [0.717, 1.165) is 18.3 Å². The molecule has 37 heavy (non-hydrogen) atoms. The van der Waals surface area contributed by atoms with Crippen molar-refractivity contribution in [3.05, 3.63) is 52.1 Å². The molecule has 0 atom stereocenters. The number of nitrogens with zero attached hydrogens (tertiary/aromatic N) is 4. The molecule has 0 saturated heterocycles. The maximum atomic E-state index is 13.2. The van der Waals surface area contributed by atoms with Crippen LogP contribution >= 0.6 is 0 Å². The molecule has 0 aliphatic heterocycles. The number of nitrogens with two attached hydrogens (primary N) is 1. The van der Waals surface area contributed by atoms with E-state index in [1.165, 1.54) is 18.6 Å². The fourth-order valence-corrected chi connectivity index (χ4v) is 2.75. The van der Waals surface area contributed by atoms with Gasteiger partial charge in [-0.05, 0) is 24.3 Å². The van der Waals surface area contributed by atoms with Crippen molar-refractivity contribution in [2.75, 3.05) is 10.2 Å². The van der Waals surface area contributed by atoms with Crippen LogP contribution in [0.2, 0.25) is 0 Å². The molecular formula is C23H26F3N7O4. The molecule has 14 heteroatoms. The van der Waals surface area contributed by atoms with E-state index < -0.39 is 36.0 Å². The van der Waals surface area contributed by atoms with E-state index in [-0.39, 0.29) is 40.0 Å². The maximum absolute atomic E-state index is 13.2. The molecule has 0 fully saturated rings. The van der Waals surface area contributed by atoms with Crippen molar-refractivity contribution in [2.45, 2.75) is 46.8 Å². The normalized spacial score (nSPS) is 11.0. The van der Waals surface area contributed by atoms with Gasteiger partial charge in [0.15, 0.2) is 11.2 Å². The lowest BCUT2D eigenvalue weighted by Crippen LogP contribution is -2.41. The predicted octanol–water partition coefficient (Wildman–Crippen LogP) is 2.92. The van der Waals surface area contributed by atoms with Crippen LogP contribution in [-0.2, 0) is 16.1 Å². The number of hydrogen-bond donors (Lipinski definition) is 3. The van der Waals surface area contributed by atoms with Crippen LogP contribution in [0.1, 0.15) is 50.2 Å². The Hall–Kier alpha value is -4.36. The molecule has 11 nitrogen and oxygen atoms in total. The summed E-state index contributed by atoms with van der Waals surface area (Å²) in [6.45, 7) is 6.83. The molecule has 3 aromatic rings. The average molecular weight is 522 g/mol. The first-order chi connectivity index (χ1) is 17.3. The zero-order valence-electron chi connectivity index (χ0n) is 20.5. The molecule has 3 amide bonds. The first kappa shape index (κ1) is 28.9. The maximum Gasteiger partial charge on any atom is 0.471 e. The van der Waals surface area contributed by atoms with Crippen LogP contribution in [0.3, 0.4) is 0 Å². The van der Waals surface area contributed by atoms with Crippen LogP contribution in [0.5, 0.6) is 0 Å². The summed E-state index contributed by atoms with van der Waals surface area (Å²) >= 11 is 0. The summed E-state index contributed by atoms with van der Waals surface area (Å²) in [6.07, 6.45) is -2.91. The van der Waals surface area contributed by atoms with E-state index in [0.29, 0.717) is 4.90 Å². The van der Waals surface area contributed by atoms with Gasteiger partial charge in [0, 0.05) is 17.2 Å². The molecule has 0 aliphatic carbocycles. The molecule has 3 rings (SSSR count). The first-order valence-corrected chi connectivity index (χ1v) is 11.1. The molecule has 0 spiro atoms. The molecule has 0 radical (unpaired) electrons. The number of halogens is 3. The van der Waals surface area contributed by atoms with E-state index in [1.54, 1.807) is 13.8 Å². The molecule has 0 bridgehead atoms. The second-order valence-corrected chi connectivity index (χ2v) is 8.10. The van der Waals surface area contributed by atoms with Gasteiger partial charge in [0.25, 0.3) is 5.56 Å². The second-order valence-electron chi connectivity index (χ2n) is 8.10. The number of rotatable bonds is 6. The molecular weight excluding hydrogens is 495 g/mol. The van der Waals surface area contributed by atoms with Crippen molar-refractivity contribution >= 4 is 40.5 Å². The Kier molecular flexibility index (Phi) is 9.41. The Balaban J connectivity index is 0.00000153. The summed E-state index contributed by atoms with van der Waals surface area (Å²) in [4.78, 5) is 62.1. The standard InChI is InChI=1S/C20H18F3N7O4.C3H8/c1-9(2)16(32)28-19-27-15-13(17(33)29-19)26-11(7-25-15)8-30(18(34)20(21,22)23)12-5-3-10(4-6-12)14(24)31;1-3-2/h3-7,9H,8H2,1-2H3,(H2,24,31)(H2,25,27,28,29,32,33);3H2,1-2H3. The number of amides is 3. The molecule has 2 heterocycles. The fraction of sp³-hybridized carbons (Fsp3) is 0.348. The SMILES string of the molecule is CC(C)C(=O)Nc1nc2ncc(CN(C(=O)C(F)(F)F)c3ccc(C(N)=O)cc3)nc2c(=O)[nH]1.CCC. The highest BCUT2D eigenvalue weighted by molar-refractivity contribution is 5.98. The monoisotopic (exact) mass is 521 g/mol. The Bertz CT molecular complexity index is 1340. The summed E-state index contributed by atoms with van der Waals surface area (Å²) in [5.41, 5.74) is 3.58. The minimum atomic E-state index is -5.21. The summed E-state index contributed by atoms with van der Waals surface area (Å²) in [5.74, 6) is -3.95. The van der Waals surface area contributed by atoms with Crippen LogP contribution in [-0.4, -0.2) is 43.8 Å². The number of alkyl halides is 3. The number of nitrogens with one attached hydrogen (secondary N) is 2. The van der Waals surface area contributed by atoms with Crippen LogP contribution < -0.4 is 21.5 Å². The number of carbonyl (C=O) groups is 3. The highest BCUT2D eigenvalue weighted by Crippen LogP contribution is 2.25. The molecule has 1 aromatic carbocycles. The molecule has 198 valence electrons. The third-order valence-corrected chi connectivity index (χ3v) is 4.51. The number of benzene rings is 1. The van der Waals surface area contributed by atoms with Gasteiger partial charge in [-0.2, -0.15) is 18.2 Å². The Labute approximate surface area is 209 Å². The number of fused-ring (bicyclic) bond motifs is 1. The molecule has 4 N–H and O–H groups in total. The van der Waals surface area contributed by atoms with Gasteiger partial charge in [-0.15, -0.1) is 0 Å². The lowest BCUT2D eigenvalue weighted by atomic mass is 10.2. The molecule has 0 aliphatic rings. The molecule has 0 unspecified atom stereocenters. The summed E-state index contributed by atoms with van der Waals surface area (Å²) < 4.78 is 39.7. The number of hydrogen-bond acceptors (Lipinski definition) is 7. The number of anilines is 2. The van der Waals surface area contributed by atoms with Gasteiger partial charge in [-0.25, -0.2) is 9.97 Å². The third-order valence-electron chi connectivity index (χ3n) is 4.51. The van der Waals surface area contributed by atoms with E-state index in [9.17, 15) is 32.3 Å². The van der Waals surface area contributed by atoms with E-state index in [2.05, 4.69) is 39.1 Å². The van der Waals surface area contributed by atoms with Gasteiger partial charge in [0.1, 0.15) is 0 Å². The van der Waals surface area contributed by atoms with Gasteiger partial charge in [-0.3, -0.25) is 34.4 Å². The van der Waals surface area contributed by atoms with Gasteiger partial charge in [0.05, 0.1) is 18.4 Å². The zero-order valence-corrected chi connectivity index (χ0v) is 20.5. The van der Waals surface area contributed by atoms with Crippen LogP contribution in [0.4, 0.5) is 24.8 Å². The number of carbonyl (C=O) groups excluding carboxylic acids is 3. The molecule has 2 aromatic heterocycles. The number of aromatic nitrogens is 4. The number of aromatic amines is 1. The highest BCUT2D eigenvalue weighted by atomic mass is 19.4. The van der Waals surface area contributed by atoms with Crippen molar-refractivity contribution in [1.29, 1.82) is 0 Å². The summed E-state index contributed by atoms with van der Waals surface area (Å²) in [5, 5.41) is 2.40. The first-order valence-electron chi connectivity index (χ1n) is 11.1. The van der Waals surface area contributed by atoms with Gasteiger partial charge in [0.2, 0.25) is 17.8 Å². The fourth-order valence-electron chi connectivity index (χ4n) is 2.75. The lowest BCUT2D eigenvalue weighted by Gasteiger charge is -2.23. The van der Waals surface area contributed by atoms with E-state index in [4.69, 9.17) is 5.73 Å². The van der Waals surface area contributed by atoms with Crippen LogP contribution in [0.25, 0.3) is 11.2 Å². The van der Waals surface area contributed by atoms with Gasteiger partial charge < -0.3 is 5.73 Å². The number of primary amides is 1. The Morgan fingerprint density at radius 3 is 2.22 bits per heavy atom. The van der Waals surface area contributed by atoms with Crippen molar-refractivity contribution in [1.82, 2.24) is 19.9 Å².